The van der Waals surface area contributed by atoms with E-state index in [-0.39, 0.29) is 24.5 Å². The Bertz CT molecular complexity index is 810. The van der Waals surface area contributed by atoms with Crippen molar-refractivity contribution in [3.05, 3.63) is 36.0 Å². The van der Waals surface area contributed by atoms with Crippen molar-refractivity contribution < 1.29 is 8.42 Å². The summed E-state index contributed by atoms with van der Waals surface area (Å²) >= 11 is 0. The number of piperazine rings is 1. The van der Waals surface area contributed by atoms with Crippen LogP contribution in [0.25, 0.3) is 10.9 Å². The van der Waals surface area contributed by atoms with Crippen LogP contribution < -0.4 is 5.32 Å². The van der Waals surface area contributed by atoms with E-state index in [2.05, 4.69) is 10.3 Å². The first-order valence-electron chi connectivity index (χ1n) is 7.52. The van der Waals surface area contributed by atoms with Gasteiger partial charge >= 0.3 is 0 Å². The highest BCUT2D eigenvalue weighted by Crippen LogP contribution is 2.28. The third-order valence-corrected chi connectivity index (χ3v) is 6.54. The Morgan fingerprint density at radius 1 is 1.26 bits per heavy atom. The van der Waals surface area contributed by atoms with Gasteiger partial charge in [-0.3, -0.25) is 4.98 Å². The first kappa shape index (κ1) is 18.1. The van der Waals surface area contributed by atoms with Gasteiger partial charge in [0.2, 0.25) is 10.0 Å². The normalized spacial score (nSPS) is 22.7. The van der Waals surface area contributed by atoms with E-state index < -0.39 is 10.0 Å². The van der Waals surface area contributed by atoms with Gasteiger partial charge in [0.25, 0.3) is 0 Å². The molecule has 1 N–H and O–H groups in total. The molecule has 3 rings (SSSR count). The molecule has 7 heteroatoms. The van der Waals surface area contributed by atoms with Gasteiger partial charge in [-0.2, -0.15) is 4.31 Å². The topological polar surface area (TPSA) is 62.3 Å². The van der Waals surface area contributed by atoms with Gasteiger partial charge in [-0.15, -0.1) is 12.4 Å². The number of fused-ring (bicyclic) bond motifs is 1. The molecule has 2 aromatic rings. The van der Waals surface area contributed by atoms with Gasteiger partial charge in [-0.1, -0.05) is 6.07 Å². The van der Waals surface area contributed by atoms with Crippen LogP contribution in [0.15, 0.2) is 35.4 Å². The predicted octanol–water partition coefficient (Wildman–Crippen LogP) is 2.34. The molecule has 0 radical (unpaired) electrons. The summed E-state index contributed by atoms with van der Waals surface area (Å²) in [5.41, 5.74) is 1.73. The van der Waals surface area contributed by atoms with Crippen LogP contribution in [0, 0.1) is 6.92 Å². The number of halogens is 1. The average Bonchev–Trinajstić information content (AvgIpc) is 2.50. The minimum atomic E-state index is -3.53. The molecule has 1 aliphatic heterocycles. The largest absolute Gasteiger partial charge is 0.311 e. The lowest BCUT2D eigenvalue weighted by Crippen LogP contribution is -2.57. The Kier molecular flexibility index (Phi) is 5.30. The Hall–Kier alpha value is -1.21. The minimum Gasteiger partial charge on any atom is -0.311 e. The van der Waals surface area contributed by atoms with Gasteiger partial charge in [-0.25, -0.2) is 8.42 Å². The van der Waals surface area contributed by atoms with Gasteiger partial charge in [0, 0.05) is 36.8 Å². The number of pyridine rings is 1. The third kappa shape index (κ3) is 3.08. The van der Waals surface area contributed by atoms with Crippen molar-refractivity contribution in [3.8, 4) is 0 Å². The number of hydrogen-bond acceptors (Lipinski definition) is 4. The summed E-state index contributed by atoms with van der Waals surface area (Å²) in [7, 11) is -3.53. The maximum atomic E-state index is 13.1. The van der Waals surface area contributed by atoms with Crippen molar-refractivity contribution in [2.45, 2.75) is 37.8 Å². The van der Waals surface area contributed by atoms with Gasteiger partial charge < -0.3 is 5.32 Å². The van der Waals surface area contributed by atoms with E-state index in [0.717, 1.165) is 11.1 Å². The number of rotatable bonds is 2. The summed E-state index contributed by atoms with van der Waals surface area (Å²) in [6.07, 6.45) is 1.70. The number of sulfonamides is 1. The Balaban J connectivity index is 0.00000192. The first-order chi connectivity index (χ1) is 10.4. The molecule has 1 aromatic carbocycles. The van der Waals surface area contributed by atoms with Crippen LogP contribution in [-0.2, 0) is 10.0 Å². The van der Waals surface area contributed by atoms with Crippen LogP contribution in [0.4, 0.5) is 0 Å². The summed E-state index contributed by atoms with van der Waals surface area (Å²) < 4.78 is 27.9. The maximum absolute atomic E-state index is 13.1. The van der Waals surface area contributed by atoms with Crippen molar-refractivity contribution in [1.82, 2.24) is 14.6 Å². The summed E-state index contributed by atoms with van der Waals surface area (Å²) in [6.45, 7) is 7.07. The van der Waals surface area contributed by atoms with Crippen LogP contribution in [0.5, 0.6) is 0 Å². The molecule has 126 valence electrons. The van der Waals surface area contributed by atoms with E-state index in [9.17, 15) is 8.42 Å². The second kappa shape index (κ2) is 6.73. The number of aromatic nitrogens is 1. The molecular formula is C16H22ClN3O2S. The average molecular weight is 356 g/mol. The number of hydrogen-bond donors (Lipinski definition) is 1. The SMILES string of the molecule is Cc1ccc(S(=O)(=O)N2CCNC(C)C2C)c2cccnc12.Cl. The quantitative estimate of drug-likeness (QED) is 0.898. The van der Waals surface area contributed by atoms with E-state index in [4.69, 9.17) is 0 Å². The van der Waals surface area contributed by atoms with Gasteiger partial charge in [-0.05, 0) is 44.5 Å². The molecule has 1 aliphatic rings. The number of nitrogens with one attached hydrogen (secondary N) is 1. The molecule has 5 nitrogen and oxygen atoms in total. The van der Waals surface area contributed by atoms with Crippen molar-refractivity contribution in [2.75, 3.05) is 13.1 Å². The minimum absolute atomic E-state index is 0. The van der Waals surface area contributed by atoms with E-state index in [1.54, 1.807) is 22.6 Å². The Morgan fingerprint density at radius 3 is 2.74 bits per heavy atom. The maximum Gasteiger partial charge on any atom is 0.244 e. The lowest BCUT2D eigenvalue weighted by Gasteiger charge is -2.37. The second-order valence-corrected chi connectivity index (χ2v) is 7.74. The highest BCUT2D eigenvalue weighted by atomic mass is 35.5. The van der Waals surface area contributed by atoms with Crippen LogP contribution >= 0.6 is 12.4 Å². The zero-order chi connectivity index (χ0) is 15.9. The van der Waals surface area contributed by atoms with Crippen molar-refractivity contribution in [1.29, 1.82) is 0 Å². The lowest BCUT2D eigenvalue weighted by atomic mass is 10.1. The van der Waals surface area contributed by atoms with Crippen LogP contribution in [-0.4, -0.2) is 42.9 Å². The molecule has 1 saturated heterocycles. The summed E-state index contributed by atoms with van der Waals surface area (Å²) in [5.74, 6) is 0. The molecule has 0 amide bonds. The molecule has 0 aliphatic carbocycles. The van der Waals surface area contributed by atoms with Gasteiger partial charge in [0.15, 0.2) is 0 Å². The van der Waals surface area contributed by atoms with Crippen LogP contribution in [0.3, 0.4) is 0 Å². The van der Waals surface area contributed by atoms with Gasteiger partial charge in [0.05, 0.1) is 10.4 Å². The Morgan fingerprint density at radius 2 is 2.00 bits per heavy atom. The van der Waals surface area contributed by atoms with E-state index >= 15 is 0 Å². The number of nitrogens with zero attached hydrogens (tertiary/aromatic N) is 2. The van der Waals surface area contributed by atoms with Crippen LogP contribution in [0.1, 0.15) is 19.4 Å². The highest BCUT2D eigenvalue weighted by Gasteiger charge is 2.35. The molecule has 1 fully saturated rings. The lowest BCUT2D eigenvalue weighted by molar-refractivity contribution is 0.233. The zero-order valence-electron chi connectivity index (χ0n) is 13.5. The standard InChI is InChI=1S/C16H21N3O2S.ClH/c1-11-6-7-15(14-5-4-8-18-16(11)14)22(20,21)19-10-9-17-12(2)13(19)3;/h4-8,12-13,17H,9-10H2,1-3H3;1H. The van der Waals surface area contributed by atoms with Crippen molar-refractivity contribution >= 4 is 33.3 Å². The molecule has 1 aromatic heterocycles. The second-order valence-electron chi connectivity index (χ2n) is 5.88. The molecule has 0 saturated carbocycles. The number of benzene rings is 1. The monoisotopic (exact) mass is 355 g/mol. The van der Waals surface area contributed by atoms with Crippen molar-refractivity contribution in [2.24, 2.45) is 0 Å². The fraction of sp³-hybridized carbons (Fsp3) is 0.438. The fourth-order valence-corrected chi connectivity index (χ4v) is 4.89. The molecule has 2 heterocycles. The third-order valence-electron chi connectivity index (χ3n) is 4.49. The molecule has 0 spiro atoms. The number of aryl methyl sites for hydroxylation is 1. The van der Waals surface area contributed by atoms with E-state index in [1.807, 2.05) is 32.9 Å². The van der Waals surface area contributed by atoms with E-state index in [1.165, 1.54) is 0 Å². The fourth-order valence-electron chi connectivity index (χ4n) is 3.00. The molecule has 2 unspecified atom stereocenters. The van der Waals surface area contributed by atoms with E-state index in [0.29, 0.717) is 23.4 Å². The van der Waals surface area contributed by atoms with Crippen molar-refractivity contribution in [3.63, 3.8) is 0 Å². The molecule has 0 bridgehead atoms. The summed E-state index contributed by atoms with van der Waals surface area (Å²) in [5, 5.41) is 4.01. The molecule has 2 atom stereocenters. The summed E-state index contributed by atoms with van der Waals surface area (Å²) in [4.78, 5) is 4.69. The Labute approximate surface area is 143 Å². The predicted molar refractivity (Wildman–Crippen MR) is 94.5 cm³/mol. The molecular weight excluding hydrogens is 334 g/mol. The first-order valence-corrected chi connectivity index (χ1v) is 8.96. The van der Waals surface area contributed by atoms with Crippen LogP contribution in [0.2, 0.25) is 0 Å². The summed E-state index contributed by atoms with van der Waals surface area (Å²) in [6, 6.07) is 7.21. The van der Waals surface area contributed by atoms with Gasteiger partial charge in [0.1, 0.15) is 0 Å². The highest BCUT2D eigenvalue weighted by molar-refractivity contribution is 7.89. The zero-order valence-corrected chi connectivity index (χ0v) is 15.1. The smallest absolute Gasteiger partial charge is 0.244 e. The molecule has 23 heavy (non-hydrogen) atoms.